The van der Waals surface area contributed by atoms with Gasteiger partial charge in [-0.2, -0.15) is 0 Å². The third kappa shape index (κ3) is 4.11. The summed E-state index contributed by atoms with van der Waals surface area (Å²) in [6, 6.07) is 2.75. The highest BCUT2D eigenvalue weighted by atomic mass is 15.2. The largest absolute Gasteiger partial charge is 0.367 e. The van der Waals surface area contributed by atoms with Crippen molar-refractivity contribution in [3.63, 3.8) is 0 Å². The first-order valence-electron chi connectivity index (χ1n) is 9.08. The van der Waals surface area contributed by atoms with Gasteiger partial charge in [0.25, 0.3) is 0 Å². The molecule has 1 aliphatic heterocycles. The van der Waals surface area contributed by atoms with Gasteiger partial charge in [0.05, 0.1) is 0 Å². The van der Waals surface area contributed by atoms with Crippen molar-refractivity contribution in [2.24, 2.45) is 5.92 Å². The molecule has 2 heterocycles. The lowest BCUT2D eigenvalue weighted by Crippen LogP contribution is -2.35. The van der Waals surface area contributed by atoms with E-state index in [9.17, 15) is 0 Å². The lowest BCUT2D eigenvalue weighted by Gasteiger charge is -2.32. The first-order chi connectivity index (χ1) is 10.7. The highest BCUT2D eigenvalue weighted by Gasteiger charge is 2.19. The zero-order chi connectivity index (χ0) is 15.4. The van der Waals surface area contributed by atoms with Crippen molar-refractivity contribution in [1.82, 2.24) is 9.97 Å². The first-order valence-corrected chi connectivity index (χ1v) is 9.08. The standard InChI is InChI=1S/C18H30N4/c1-14-8-7-11-22(13-14)18-12-17(19-15(2)20-18)21-16-9-5-3-4-6-10-16/h12,14,16H,3-11,13H2,1-2H3,(H,19,20,21). The Morgan fingerprint density at radius 1 is 1.05 bits per heavy atom. The summed E-state index contributed by atoms with van der Waals surface area (Å²) in [5, 5.41) is 3.67. The van der Waals surface area contributed by atoms with Crippen molar-refractivity contribution >= 4 is 11.6 Å². The van der Waals surface area contributed by atoms with Gasteiger partial charge in [0.2, 0.25) is 0 Å². The number of piperidine rings is 1. The Bertz CT molecular complexity index is 480. The monoisotopic (exact) mass is 302 g/mol. The maximum Gasteiger partial charge on any atom is 0.134 e. The van der Waals surface area contributed by atoms with Crippen LogP contribution in [0.1, 0.15) is 64.1 Å². The SMILES string of the molecule is Cc1nc(NC2CCCCCC2)cc(N2CCCC(C)C2)n1. The number of aromatic nitrogens is 2. The van der Waals surface area contributed by atoms with Crippen LogP contribution in [-0.4, -0.2) is 29.1 Å². The number of aryl methyl sites for hydroxylation is 1. The summed E-state index contributed by atoms with van der Waals surface area (Å²) < 4.78 is 0. The molecule has 2 fully saturated rings. The van der Waals surface area contributed by atoms with Crippen LogP contribution in [0.15, 0.2) is 6.07 Å². The molecule has 1 N–H and O–H groups in total. The molecular weight excluding hydrogens is 272 g/mol. The second kappa shape index (κ2) is 7.30. The molecule has 1 saturated heterocycles. The molecule has 2 aliphatic rings. The summed E-state index contributed by atoms with van der Waals surface area (Å²) in [7, 11) is 0. The van der Waals surface area contributed by atoms with E-state index in [-0.39, 0.29) is 0 Å². The van der Waals surface area contributed by atoms with Crippen molar-refractivity contribution in [1.29, 1.82) is 0 Å². The van der Waals surface area contributed by atoms with Crippen molar-refractivity contribution in [3.8, 4) is 0 Å². The normalized spacial score (nSPS) is 24.1. The average molecular weight is 302 g/mol. The minimum absolute atomic E-state index is 0.588. The Labute approximate surface area is 134 Å². The van der Waals surface area contributed by atoms with Crippen LogP contribution in [0.5, 0.6) is 0 Å². The molecule has 1 unspecified atom stereocenters. The van der Waals surface area contributed by atoms with Crippen LogP contribution in [-0.2, 0) is 0 Å². The molecule has 4 nitrogen and oxygen atoms in total. The van der Waals surface area contributed by atoms with Gasteiger partial charge in [0.1, 0.15) is 17.5 Å². The topological polar surface area (TPSA) is 41.1 Å². The fourth-order valence-electron chi connectivity index (χ4n) is 3.82. The van der Waals surface area contributed by atoms with Crippen LogP contribution in [0.2, 0.25) is 0 Å². The lowest BCUT2D eigenvalue weighted by atomic mass is 10.0. The van der Waals surface area contributed by atoms with E-state index in [0.717, 1.165) is 36.5 Å². The Morgan fingerprint density at radius 2 is 1.82 bits per heavy atom. The molecule has 1 aliphatic carbocycles. The van der Waals surface area contributed by atoms with Crippen LogP contribution < -0.4 is 10.2 Å². The van der Waals surface area contributed by atoms with Crippen molar-refractivity contribution < 1.29 is 0 Å². The highest BCUT2D eigenvalue weighted by Crippen LogP contribution is 2.25. The highest BCUT2D eigenvalue weighted by molar-refractivity contribution is 5.50. The number of nitrogens with one attached hydrogen (secondary N) is 1. The van der Waals surface area contributed by atoms with E-state index >= 15 is 0 Å². The molecule has 22 heavy (non-hydrogen) atoms. The van der Waals surface area contributed by atoms with Crippen LogP contribution in [0.3, 0.4) is 0 Å². The number of nitrogens with zero attached hydrogens (tertiary/aromatic N) is 3. The van der Waals surface area contributed by atoms with Gasteiger partial charge >= 0.3 is 0 Å². The van der Waals surface area contributed by atoms with Gasteiger partial charge in [-0.25, -0.2) is 9.97 Å². The summed E-state index contributed by atoms with van der Waals surface area (Å²) >= 11 is 0. The predicted octanol–water partition coefficient (Wildman–Crippen LogP) is 4.16. The fourth-order valence-corrected chi connectivity index (χ4v) is 3.82. The van der Waals surface area contributed by atoms with Crippen molar-refractivity contribution in [2.75, 3.05) is 23.3 Å². The minimum Gasteiger partial charge on any atom is -0.367 e. The molecule has 1 aromatic heterocycles. The third-order valence-corrected chi connectivity index (χ3v) is 5.01. The van der Waals surface area contributed by atoms with Gasteiger partial charge in [0, 0.05) is 25.2 Å². The first kappa shape index (κ1) is 15.6. The Kier molecular flexibility index (Phi) is 5.16. The Hall–Kier alpha value is -1.32. The quantitative estimate of drug-likeness (QED) is 0.851. The summed E-state index contributed by atoms with van der Waals surface area (Å²) in [6.45, 7) is 6.60. The molecule has 0 aromatic carbocycles. The second-order valence-electron chi connectivity index (χ2n) is 7.18. The second-order valence-corrected chi connectivity index (χ2v) is 7.18. The molecule has 0 bridgehead atoms. The summed E-state index contributed by atoms with van der Waals surface area (Å²) in [6.07, 6.45) is 10.6. The molecule has 1 aromatic rings. The van der Waals surface area contributed by atoms with E-state index < -0.39 is 0 Å². The van der Waals surface area contributed by atoms with Gasteiger partial charge in [-0.05, 0) is 38.5 Å². The van der Waals surface area contributed by atoms with E-state index in [4.69, 9.17) is 0 Å². The summed E-state index contributed by atoms with van der Waals surface area (Å²) in [5.41, 5.74) is 0. The van der Waals surface area contributed by atoms with Gasteiger partial charge in [-0.3, -0.25) is 0 Å². The Balaban J connectivity index is 1.71. The summed E-state index contributed by atoms with van der Waals surface area (Å²) in [5.74, 6) is 3.77. The number of hydrogen-bond acceptors (Lipinski definition) is 4. The maximum absolute atomic E-state index is 4.68. The molecule has 122 valence electrons. The molecule has 1 atom stereocenters. The van der Waals surface area contributed by atoms with E-state index in [2.05, 4.69) is 33.2 Å². The van der Waals surface area contributed by atoms with Crippen LogP contribution in [0.4, 0.5) is 11.6 Å². The zero-order valence-corrected chi connectivity index (χ0v) is 14.1. The molecular formula is C18H30N4. The molecule has 0 radical (unpaired) electrons. The van der Waals surface area contributed by atoms with E-state index in [1.165, 1.54) is 51.4 Å². The molecule has 1 saturated carbocycles. The zero-order valence-electron chi connectivity index (χ0n) is 14.1. The summed E-state index contributed by atoms with van der Waals surface area (Å²) in [4.78, 5) is 11.7. The maximum atomic E-state index is 4.68. The molecule has 0 spiro atoms. The van der Waals surface area contributed by atoms with E-state index in [1.54, 1.807) is 0 Å². The van der Waals surface area contributed by atoms with E-state index in [1.807, 2.05) is 6.92 Å². The minimum atomic E-state index is 0.588. The lowest BCUT2D eigenvalue weighted by molar-refractivity contribution is 0.444. The van der Waals surface area contributed by atoms with Gasteiger partial charge in [-0.1, -0.05) is 32.6 Å². The van der Waals surface area contributed by atoms with Crippen molar-refractivity contribution in [3.05, 3.63) is 11.9 Å². The number of rotatable bonds is 3. The average Bonchev–Trinajstić information content (AvgIpc) is 2.75. The van der Waals surface area contributed by atoms with Crippen LogP contribution in [0, 0.1) is 12.8 Å². The molecule has 4 heteroatoms. The number of anilines is 2. The fraction of sp³-hybridized carbons (Fsp3) is 0.778. The number of hydrogen-bond donors (Lipinski definition) is 1. The third-order valence-electron chi connectivity index (χ3n) is 5.01. The Morgan fingerprint density at radius 3 is 2.55 bits per heavy atom. The van der Waals surface area contributed by atoms with Crippen LogP contribution >= 0.6 is 0 Å². The smallest absolute Gasteiger partial charge is 0.134 e. The van der Waals surface area contributed by atoms with Crippen LogP contribution in [0.25, 0.3) is 0 Å². The van der Waals surface area contributed by atoms with Gasteiger partial charge < -0.3 is 10.2 Å². The molecule has 0 amide bonds. The van der Waals surface area contributed by atoms with Gasteiger partial charge in [-0.15, -0.1) is 0 Å². The molecule has 3 rings (SSSR count). The predicted molar refractivity (Wildman–Crippen MR) is 92.5 cm³/mol. The van der Waals surface area contributed by atoms with Gasteiger partial charge in [0.15, 0.2) is 0 Å². The van der Waals surface area contributed by atoms with E-state index in [0.29, 0.717) is 6.04 Å². The van der Waals surface area contributed by atoms with Crippen molar-refractivity contribution in [2.45, 2.75) is 71.3 Å².